The fourth-order valence-corrected chi connectivity index (χ4v) is 4.07. The van der Waals surface area contributed by atoms with Crippen LogP contribution in [0, 0.1) is 11.6 Å². The number of sulfonamides is 1. The van der Waals surface area contributed by atoms with E-state index < -0.39 is 26.6 Å². The van der Waals surface area contributed by atoms with Crippen LogP contribution in [0.2, 0.25) is 0 Å². The topological polar surface area (TPSA) is 75.3 Å². The van der Waals surface area contributed by atoms with Gasteiger partial charge < -0.3 is 5.32 Å². The van der Waals surface area contributed by atoms with E-state index in [1.807, 2.05) is 0 Å². The van der Waals surface area contributed by atoms with Crippen molar-refractivity contribution in [3.05, 3.63) is 52.5 Å². The van der Waals surface area contributed by atoms with Crippen molar-refractivity contribution in [2.75, 3.05) is 10.0 Å². The zero-order chi connectivity index (χ0) is 17.2. The monoisotopic (exact) mass is 404 g/mol. The second-order valence-electron chi connectivity index (χ2n) is 4.57. The van der Waals surface area contributed by atoms with Gasteiger partial charge in [0.1, 0.15) is 16.5 Å². The molecular weight excluding hydrogens is 394 g/mol. The molecule has 0 atom stereocenters. The molecule has 0 aromatic heterocycles. The van der Waals surface area contributed by atoms with Gasteiger partial charge in [0.15, 0.2) is 0 Å². The number of amides is 1. The van der Waals surface area contributed by atoms with Crippen LogP contribution in [-0.4, -0.2) is 14.3 Å². The van der Waals surface area contributed by atoms with Gasteiger partial charge in [0, 0.05) is 23.2 Å². The molecule has 0 aliphatic heterocycles. The van der Waals surface area contributed by atoms with Crippen LogP contribution < -0.4 is 10.0 Å². The van der Waals surface area contributed by atoms with E-state index in [-0.39, 0.29) is 16.1 Å². The highest BCUT2D eigenvalue weighted by atomic mass is 79.9. The molecule has 0 spiro atoms. The minimum Gasteiger partial charge on any atom is -0.326 e. The number of nitrogens with one attached hydrogen (secondary N) is 2. The van der Waals surface area contributed by atoms with E-state index in [2.05, 4.69) is 26.0 Å². The van der Waals surface area contributed by atoms with E-state index in [1.54, 1.807) is 6.07 Å². The fraction of sp³-hybridized carbons (Fsp3) is 0.0714. The molecule has 0 unspecified atom stereocenters. The number of carbonyl (C=O) groups is 1. The lowest BCUT2D eigenvalue weighted by Crippen LogP contribution is -2.16. The van der Waals surface area contributed by atoms with E-state index >= 15 is 0 Å². The first-order valence-electron chi connectivity index (χ1n) is 6.24. The fourth-order valence-electron chi connectivity index (χ4n) is 1.86. The standard InChI is InChI=1S/C14H11BrF2N2O3S/c1-8(20)18-10-3-2-4-11(7-10)19-23(21,22)14-12(15)5-9(16)6-13(14)17/h2-7,19H,1H3,(H,18,20). The number of carbonyl (C=O) groups excluding carboxylic acids is 1. The summed E-state index contributed by atoms with van der Waals surface area (Å²) in [4.78, 5) is 10.3. The smallest absolute Gasteiger partial charge is 0.265 e. The van der Waals surface area contributed by atoms with Crippen molar-refractivity contribution >= 4 is 43.2 Å². The maximum atomic E-state index is 13.8. The molecule has 2 N–H and O–H groups in total. The van der Waals surface area contributed by atoms with Gasteiger partial charge in [-0.25, -0.2) is 17.2 Å². The predicted molar refractivity (Wildman–Crippen MR) is 85.6 cm³/mol. The molecule has 9 heteroatoms. The summed E-state index contributed by atoms with van der Waals surface area (Å²) < 4.78 is 53.4. The summed E-state index contributed by atoms with van der Waals surface area (Å²) >= 11 is 2.84. The van der Waals surface area contributed by atoms with Gasteiger partial charge in [-0.05, 0) is 40.2 Å². The average Bonchev–Trinajstić information content (AvgIpc) is 2.35. The van der Waals surface area contributed by atoms with Crippen LogP contribution in [0.25, 0.3) is 0 Å². The van der Waals surface area contributed by atoms with Gasteiger partial charge in [-0.2, -0.15) is 0 Å². The Labute approximate surface area is 139 Å². The van der Waals surface area contributed by atoms with E-state index in [1.165, 1.54) is 25.1 Å². The number of anilines is 2. The Morgan fingerprint density at radius 3 is 2.39 bits per heavy atom. The molecule has 0 heterocycles. The van der Waals surface area contributed by atoms with Crippen molar-refractivity contribution in [2.45, 2.75) is 11.8 Å². The number of halogens is 3. The summed E-state index contributed by atoms with van der Waals surface area (Å²) in [7, 11) is -4.29. The van der Waals surface area contributed by atoms with Gasteiger partial charge >= 0.3 is 0 Å². The van der Waals surface area contributed by atoms with Crippen LogP contribution in [0.1, 0.15) is 6.92 Å². The van der Waals surface area contributed by atoms with E-state index in [0.29, 0.717) is 11.8 Å². The second-order valence-corrected chi connectivity index (χ2v) is 7.04. The van der Waals surface area contributed by atoms with Crippen molar-refractivity contribution in [2.24, 2.45) is 0 Å². The van der Waals surface area contributed by atoms with Crippen molar-refractivity contribution in [1.82, 2.24) is 0 Å². The summed E-state index contributed by atoms with van der Waals surface area (Å²) in [5.74, 6) is -2.44. The lowest BCUT2D eigenvalue weighted by molar-refractivity contribution is -0.114. The summed E-state index contributed by atoms with van der Waals surface area (Å²) in [6.07, 6.45) is 0. The third-order valence-corrected chi connectivity index (χ3v) is 5.01. The van der Waals surface area contributed by atoms with Gasteiger partial charge in [-0.15, -0.1) is 0 Å². The highest BCUT2D eigenvalue weighted by Crippen LogP contribution is 2.28. The van der Waals surface area contributed by atoms with Gasteiger partial charge in [0.25, 0.3) is 10.0 Å². The Morgan fingerprint density at radius 1 is 1.13 bits per heavy atom. The highest BCUT2D eigenvalue weighted by molar-refractivity contribution is 9.10. The van der Waals surface area contributed by atoms with Crippen LogP contribution >= 0.6 is 15.9 Å². The van der Waals surface area contributed by atoms with Crippen LogP contribution in [0.15, 0.2) is 45.8 Å². The quantitative estimate of drug-likeness (QED) is 0.818. The summed E-state index contributed by atoms with van der Waals surface area (Å²) in [6, 6.07) is 7.21. The maximum absolute atomic E-state index is 13.8. The van der Waals surface area contributed by atoms with Gasteiger partial charge in [-0.3, -0.25) is 9.52 Å². The average molecular weight is 405 g/mol. The van der Waals surface area contributed by atoms with Gasteiger partial charge in [0.2, 0.25) is 5.91 Å². The van der Waals surface area contributed by atoms with Gasteiger partial charge in [-0.1, -0.05) is 6.07 Å². The number of benzene rings is 2. The third kappa shape index (κ3) is 4.26. The van der Waals surface area contributed by atoms with Crippen LogP contribution in [0.4, 0.5) is 20.2 Å². The Morgan fingerprint density at radius 2 is 1.78 bits per heavy atom. The molecule has 0 aliphatic carbocycles. The first-order valence-corrected chi connectivity index (χ1v) is 8.51. The Balaban J connectivity index is 2.38. The van der Waals surface area contributed by atoms with Crippen LogP contribution in [-0.2, 0) is 14.8 Å². The Hall–Kier alpha value is -2.00. The normalized spacial score (nSPS) is 11.1. The lowest BCUT2D eigenvalue weighted by Gasteiger charge is -2.12. The largest absolute Gasteiger partial charge is 0.326 e. The zero-order valence-corrected chi connectivity index (χ0v) is 14.1. The predicted octanol–water partition coefficient (Wildman–Crippen LogP) is 3.49. The first kappa shape index (κ1) is 17.4. The molecule has 0 saturated heterocycles. The minimum absolute atomic E-state index is 0.117. The van der Waals surface area contributed by atoms with Crippen molar-refractivity contribution < 1.29 is 22.0 Å². The van der Waals surface area contributed by atoms with Crippen molar-refractivity contribution in [1.29, 1.82) is 0 Å². The molecular formula is C14H11BrF2N2O3S. The Bertz CT molecular complexity index is 849. The summed E-state index contributed by atoms with van der Waals surface area (Å²) in [6.45, 7) is 1.31. The number of hydrogen-bond donors (Lipinski definition) is 2. The zero-order valence-electron chi connectivity index (χ0n) is 11.7. The third-order valence-electron chi connectivity index (χ3n) is 2.67. The first-order chi connectivity index (χ1) is 10.7. The van der Waals surface area contributed by atoms with Crippen molar-refractivity contribution in [3.63, 3.8) is 0 Å². The molecule has 1 amide bonds. The van der Waals surface area contributed by atoms with Crippen LogP contribution in [0.3, 0.4) is 0 Å². The number of rotatable bonds is 4. The van der Waals surface area contributed by atoms with E-state index in [9.17, 15) is 22.0 Å². The van der Waals surface area contributed by atoms with E-state index in [0.717, 1.165) is 6.07 Å². The summed E-state index contributed by atoms with van der Waals surface area (Å²) in [5, 5.41) is 2.49. The molecule has 0 bridgehead atoms. The second kappa shape index (κ2) is 6.63. The molecule has 0 saturated carbocycles. The molecule has 0 aliphatic rings. The lowest BCUT2D eigenvalue weighted by atomic mass is 10.3. The molecule has 5 nitrogen and oxygen atoms in total. The van der Waals surface area contributed by atoms with Crippen molar-refractivity contribution in [3.8, 4) is 0 Å². The maximum Gasteiger partial charge on any atom is 0.265 e. The molecule has 0 fully saturated rings. The molecule has 2 rings (SSSR count). The highest BCUT2D eigenvalue weighted by Gasteiger charge is 2.24. The molecule has 23 heavy (non-hydrogen) atoms. The minimum atomic E-state index is -4.29. The molecule has 122 valence electrons. The molecule has 0 radical (unpaired) electrons. The molecule has 2 aromatic rings. The van der Waals surface area contributed by atoms with E-state index in [4.69, 9.17) is 0 Å². The van der Waals surface area contributed by atoms with Crippen LogP contribution in [0.5, 0.6) is 0 Å². The summed E-state index contributed by atoms with van der Waals surface area (Å²) in [5.41, 5.74) is 0.489. The Kier molecular flexibility index (Phi) is 5.00. The SMILES string of the molecule is CC(=O)Nc1cccc(NS(=O)(=O)c2c(F)cc(F)cc2Br)c1. The number of hydrogen-bond acceptors (Lipinski definition) is 3. The van der Waals surface area contributed by atoms with Gasteiger partial charge in [0.05, 0.1) is 5.69 Å². The molecule has 2 aromatic carbocycles.